The lowest BCUT2D eigenvalue weighted by Crippen LogP contribution is -2.33. The zero-order chi connectivity index (χ0) is 14.1. The quantitative estimate of drug-likeness (QED) is 0.864. The van der Waals surface area contributed by atoms with Crippen molar-refractivity contribution in [3.63, 3.8) is 0 Å². The van der Waals surface area contributed by atoms with Crippen LogP contribution in [0.4, 0.5) is 5.13 Å². The van der Waals surface area contributed by atoms with Gasteiger partial charge in [-0.25, -0.2) is 9.78 Å². The van der Waals surface area contributed by atoms with Crippen LogP contribution >= 0.6 is 11.3 Å². The first-order valence-electron chi connectivity index (χ1n) is 7.34. The van der Waals surface area contributed by atoms with Gasteiger partial charge >= 0.3 is 5.97 Å². The van der Waals surface area contributed by atoms with Crippen LogP contribution in [0, 0.1) is 6.92 Å². The number of nitrogens with one attached hydrogen (secondary N) is 1. The van der Waals surface area contributed by atoms with Crippen molar-refractivity contribution in [3.05, 3.63) is 10.6 Å². The first-order chi connectivity index (χ1) is 9.69. The molecule has 2 saturated heterocycles. The van der Waals surface area contributed by atoms with Crippen LogP contribution in [-0.2, 0) is 4.74 Å². The van der Waals surface area contributed by atoms with Crippen LogP contribution in [0.2, 0.25) is 0 Å². The van der Waals surface area contributed by atoms with Crippen molar-refractivity contribution < 1.29 is 9.53 Å². The van der Waals surface area contributed by atoms with E-state index in [0.717, 1.165) is 16.4 Å². The molecule has 0 saturated carbocycles. The summed E-state index contributed by atoms with van der Waals surface area (Å²) in [7, 11) is 0. The highest BCUT2D eigenvalue weighted by Gasteiger charge is 2.37. The molecule has 2 aliphatic rings. The average Bonchev–Trinajstić information content (AvgIpc) is 3.07. The predicted molar refractivity (Wildman–Crippen MR) is 79.4 cm³/mol. The fourth-order valence-electron chi connectivity index (χ4n) is 3.26. The Morgan fingerprint density at radius 2 is 2.35 bits per heavy atom. The van der Waals surface area contributed by atoms with E-state index in [0.29, 0.717) is 24.4 Å². The zero-order valence-electron chi connectivity index (χ0n) is 12.0. The summed E-state index contributed by atoms with van der Waals surface area (Å²) in [5.41, 5.74) is 0.459. The van der Waals surface area contributed by atoms with Crippen molar-refractivity contribution in [2.45, 2.75) is 45.2 Å². The van der Waals surface area contributed by atoms with Crippen LogP contribution in [0.15, 0.2) is 0 Å². The Hall–Kier alpha value is -1.14. The zero-order valence-corrected chi connectivity index (χ0v) is 12.8. The number of thiazole rings is 1. The minimum absolute atomic E-state index is 0.316. The maximum Gasteiger partial charge on any atom is 0.358 e. The SMILES string of the molecule is CCOC(=O)c1nc(NC2CCN3CCCC23)sc1C. The van der Waals surface area contributed by atoms with E-state index >= 15 is 0 Å². The number of rotatable bonds is 4. The largest absolute Gasteiger partial charge is 0.461 e. The number of hydrogen-bond acceptors (Lipinski definition) is 6. The third kappa shape index (κ3) is 2.54. The van der Waals surface area contributed by atoms with Crippen LogP contribution < -0.4 is 5.32 Å². The van der Waals surface area contributed by atoms with E-state index in [1.54, 1.807) is 11.3 Å². The highest BCUT2D eigenvalue weighted by molar-refractivity contribution is 7.15. The fraction of sp³-hybridized carbons (Fsp3) is 0.714. The molecule has 5 nitrogen and oxygen atoms in total. The lowest BCUT2D eigenvalue weighted by atomic mass is 10.1. The topological polar surface area (TPSA) is 54.5 Å². The van der Waals surface area contributed by atoms with Crippen LogP contribution in [0.5, 0.6) is 0 Å². The number of carbonyl (C=O) groups excluding carboxylic acids is 1. The monoisotopic (exact) mass is 295 g/mol. The lowest BCUT2D eigenvalue weighted by molar-refractivity contribution is 0.0519. The molecular weight excluding hydrogens is 274 g/mol. The molecule has 6 heteroatoms. The van der Waals surface area contributed by atoms with E-state index in [1.165, 1.54) is 25.9 Å². The van der Waals surface area contributed by atoms with Crippen LogP contribution in [0.1, 0.15) is 41.6 Å². The first kappa shape index (κ1) is 13.8. The fourth-order valence-corrected chi connectivity index (χ4v) is 4.12. The molecule has 2 aliphatic heterocycles. The van der Waals surface area contributed by atoms with E-state index in [9.17, 15) is 4.79 Å². The van der Waals surface area contributed by atoms with Crippen molar-refractivity contribution in [3.8, 4) is 0 Å². The van der Waals surface area contributed by atoms with Crippen LogP contribution in [-0.4, -0.2) is 47.6 Å². The number of carbonyl (C=O) groups is 1. The smallest absolute Gasteiger partial charge is 0.358 e. The van der Waals surface area contributed by atoms with Crippen LogP contribution in [0.3, 0.4) is 0 Å². The summed E-state index contributed by atoms with van der Waals surface area (Å²) in [6.45, 7) is 6.53. The van der Waals surface area contributed by atoms with E-state index in [2.05, 4.69) is 15.2 Å². The number of nitrogens with zero attached hydrogens (tertiary/aromatic N) is 2. The van der Waals surface area contributed by atoms with E-state index in [-0.39, 0.29) is 5.97 Å². The predicted octanol–water partition coefficient (Wildman–Crippen LogP) is 2.28. The molecule has 1 N–H and O–H groups in total. The third-order valence-corrected chi connectivity index (χ3v) is 5.08. The minimum atomic E-state index is -0.316. The Kier molecular flexibility index (Phi) is 3.94. The van der Waals surface area contributed by atoms with Gasteiger partial charge < -0.3 is 10.1 Å². The standard InChI is InChI=1S/C14H21N3O2S/c1-3-19-13(18)12-9(2)20-14(16-12)15-10-6-8-17-7-4-5-11(10)17/h10-11H,3-8H2,1-2H3,(H,15,16). The van der Waals surface area contributed by atoms with Gasteiger partial charge in [-0.1, -0.05) is 0 Å². The number of aryl methyl sites for hydroxylation is 1. The Morgan fingerprint density at radius 1 is 1.50 bits per heavy atom. The molecule has 1 aromatic rings. The molecule has 0 amide bonds. The maximum atomic E-state index is 11.8. The number of hydrogen-bond donors (Lipinski definition) is 1. The molecule has 0 aromatic carbocycles. The first-order valence-corrected chi connectivity index (χ1v) is 8.16. The third-order valence-electron chi connectivity index (χ3n) is 4.18. The number of fused-ring (bicyclic) bond motifs is 1. The Balaban J connectivity index is 1.69. The van der Waals surface area contributed by atoms with Gasteiger partial charge in [-0.15, -0.1) is 11.3 Å². The molecular formula is C14H21N3O2S. The Morgan fingerprint density at radius 3 is 3.15 bits per heavy atom. The molecule has 0 spiro atoms. The second-order valence-corrected chi connectivity index (χ2v) is 6.63. The maximum absolute atomic E-state index is 11.8. The van der Waals surface area contributed by atoms with Gasteiger partial charge in [0.15, 0.2) is 10.8 Å². The van der Waals surface area contributed by atoms with E-state index < -0.39 is 0 Å². The summed E-state index contributed by atoms with van der Waals surface area (Å²) >= 11 is 1.55. The molecule has 20 heavy (non-hydrogen) atoms. The van der Waals surface area contributed by atoms with Crippen molar-refractivity contribution in [1.29, 1.82) is 0 Å². The molecule has 2 fully saturated rings. The molecule has 0 radical (unpaired) electrons. The van der Waals surface area contributed by atoms with Gasteiger partial charge in [-0.05, 0) is 39.7 Å². The Bertz CT molecular complexity index is 503. The van der Waals surface area contributed by atoms with Gasteiger partial charge in [-0.3, -0.25) is 4.90 Å². The summed E-state index contributed by atoms with van der Waals surface area (Å²) in [6.07, 6.45) is 3.73. The van der Waals surface area contributed by atoms with Crippen molar-refractivity contribution in [2.75, 3.05) is 25.0 Å². The van der Waals surface area contributed by atoms with E-state index in [4.69, 9.17) is 4.74 Å². The van der Waals surface area contributed by atoms with Gasteiger partial charge in [0.1, 0.15) is 0 Å². The number of ether oxygens (including phenoxy) is 1. The summed E-state index contributed by atoms with van der Waals surface area (Å²) in [5, 5.41) is 4.38. The molecule has 110 valence electrons. The van der Waals surface area contributed by atoms with Gasteiger partial charge in [0, 0.05) is 23.5 Å². The Labute approximate surface area is 123 Å². The normalized spacial score (nSPS) is 25.7. The molecule has 2 unspecified atom stereocenters. The van der Waals surface area contributed by atoms with Gasteiger partial charge in [0.05, 0.1) is 6.61 Å². The second kappa shape index (κ2) is 5.69. The number of esters is 1. The van der Waals surface area contributed by atoms with E-state index in [1.807, 2.05) is 13.8 Å². The summed E-state index contributed by atoms with van der Waals surface area (Å²) in [6, 6.07) is 1.11. The molecule has 3 heterocycles. The van der Waals surface area contributed by atoms with Crippen molar-refractivity contribution in [2.24, 2.45) is 0 Å². The van der Waals surface area contributed by atoms with Gasteiger partial charge in [0.25, 0.3) is 0 Å². The molecule has 1 aromatic heterocycles. The lowest BCUT2D eigenvalue weighted by Gasteiger charge is -2.20. The highest BCUT2D eigenvalue weighted by atomic mass is 32.1. The summed E-state index contributed by atoms with van der Waals surface area (Å²) < 4.78 is 5.03. The van der Waals surface area contributed by atoms with Gasteiger partial charge in [0.2, 0.25) is 0 Å². The molecule has 0 bridgehead atoms. The van der Waals surface area contributed by atoms with Crippen molar-refractivity contribution in [1.82, 2.24) is 9.88 Å². The second-order valence-electron chi connectivity index (χ2n) is 5.43. The summed E-state index contributed by atoms with van der Waals surface area (Å²) in [4.78, 5) is 19.7. The number of aromatic nitrogens is 1. The van der Waals surface area contributed by atoms with Gasteiger partial charge in [-0.2, -0.15) is 0 Å². The number of anilines is 1. The van der Waals surface area contributed by atoms with Crippen molar-refractivity contribution >= 4 is 22.4 Å². The minimum Gasteiger partial charge on any atom is -0.461 e. The molecule has 3 rings (SSSR count). The average molecular weight is 295 g/mol. The van der Waals surface area contributed by atoms with Crippen LogP contribution in [0.25, 0.3) is 0 Å². The molecule has 2 atom stereocenters. The molecule has 0 aliphatic carbocycles. The summed E-state index contributed by atoms with van der Waals surface area (Å²) in [5.74, 6) is -0.316. The highest BCUT2D eigenvalue weighted by Crippen LogP contribution is 2.32.